The van der Waals surface area contributed by atoms with Crippen molar-refractivity contribution in [1.29, 1.82) is 0 Å². The van der Waals surface area contributed by atoms with Crippen molar-refractivity contribution in [2.75, 3.05) is 7.11 Å². The molecule has 0 bridgehead atoms. The summed E-state index contributed by atoms with van der Waals surface area (Å²) in [5, 5.41) is -1.22. The summed E-state index contributed by atoms with van der Waals surface area (Å²) in [5.74, 6) is 0.724. The van der Waals surface area contributed by atoms with Crippen LogP contribution >= 0.6 is 0 Å². The van der Waals surface area contributed by atoms with Gasteiger partial charge >= 0.3 is 28.5 Å². The molecule has 4 atom stereocenters. The van der Waals surface area contributed by atoms with Gasteiger partial charge in [0.15, 0.2) is 0 Å². The molecular weight excluding hydrogens is 584 g/mol. The fourth-order valence-electron chi connectivity index (χ4n) is 7.95. The van der Waals surface area contributed by atoms with E-state index in [2.05, 4.69) is 90.0 Å². The van der Waals surface area contributed by atoms with Gasteiger partial charge in [0.2, 0.25) is 0 Å². The summed E-state index contributed by atoms with van der Waals surface area (Å²) >= 11 is 0. The van der Waals surface area contributed by atoms with Gasteiger partial charge in [-0.1, -0.05) is 12.1 Å². The van der Waals surface area contributed by atoms with E-state index < -0.39 is 67.4 Å². The predicted molar refractivity (Wildman–Crippen MR) is 183 cm³/mol. The average Bonchev–Trinajstić information content (AvgIpc) is 3.10. The van der Waals surface area contributed by atoms with Gasteiger partial charge in [0.25, 0.3) is 0 Å². The zero-order valence-corrected chi connectivity index (χ0v) is 30.7. The summed E-state index contributed by atoms with van der Waals surface area (Å²) in [4.78, 5) is 0. The third-order valence-corrected chi connectivity index (χ3v) is 10.5. The molecular formula is C33H56B4O9. The number of rotatable bonds is 7. The molecule has 0 amide bonds. The van der Waals surface area contributed by atoms with Crippen LogP contribution in [0.3, 0.4) is 0 Å². The van der Waals surface area contributed by atoms with Crippen molar-refractivity contribution in [2.45, 2.75) is 167 Å². The minimum atomic E-state index is -1.22. The van der Waals surface area contributed by atoms with Gasteiger partial charge in [0.05, 0.1) is 40.3 Å². The smallest absolute Gasteiger partial charge is 0.466 e. The molecule has 4 aliphatic heterocycles. The maximum atomic E-state index is 7.08. The summed E-state index contributed by atoms with van der Waals surface area (Å²) in [6.07, 6.45) is 1.87. The number of hydrogen-bond donors (Lipinski definition) is 0. The molecule has 46 heavy (non-hydrogen) atoms. The van der Waals surface area contributed by atoms with Crippen molar-refractivity contribution in [2.24, 2.45) is 0 Å². The highest BCUT2D eigenvalue weighted by Gasteiger charge is 2.75. The van der Waals surface area contributed by atoms with Gasteiger partial charge in [-0.3, -0.25) is 0 Å². The fourth-order valence-corrected chi connectivity index (χ4v) is 7.95. The summed E-state index contributed by atoms with van der Waals surface area (Å²) < 4.78 is 61.3. The first-order valence-corrected chi connectivity index (χ1v) is 17.1. The van der Waals surface area contributed by atoms with Crippen LogP contribution in [0, 0.1) is 0 Å². The van der Waals surface area contributed by atoms with Crippen LogP contribution in [0.15, 0.2) is 24.3 Å². The van der Waals surface area contributed by atoms with E-state index in [1.807, 2.05) is 24.3 Å². The molecule has 0 aromatic heterocycles. The van der Waals surface area contributed by atoms with Crippen LogP contribution in [-0.4, -0.2) is 81.9 Å². The van der Waals surface area contributed by atoms with Crippen LogP contribution in [0.2, 0.25) is 5.72 Å². The Morgan fingerprint density at radius 1 is 0.609 bits per heavy atom. The van der Waals surface area contributed by atoms with Crippen molar-refractivity contribution < 1.29 is 42.0 Å². The number of hydrogen-bond acceptors (Lipinski definition) is 9. The maximum absolute atomic E-state index is 7.08. The zero-order valence-electron chi connectivity index (χ0n) is 30.7. The van der Waals surface area contributed by atoms with Crippen molar-refractivity contribution in [3.05, 3.63) is 29.8 Å². The molecule has 0 N–H and O–H groups in total. The molecule has 4 fully saturated rings. The van der Waals surface area contributed by atoms with E-state index in [0.717, 1.165) is 30.6 Å². The molecule has 1 aromatic rings. The van der Waals surface area contributed by atoms with E-state index in [4.69, 9.17) is 42.0 Å². The minimum Gasteiger partial charge on any atom is -0.497 e. The normalized spacial score (nSPS) is 32.2. The Hall–Kier alpha value is -1.04. The maximum Gasteiger partial charge on any atom is 0.466 e. The van der Waals surface area contributed by atoms with E-state index in [0.29, 0.717) is 0 Å². The second-order valence-corrected chi connectivity index (χ2v) is 16.9. The second kappa shape index (κ2) is 12.4. The van der Waals surface area contributed by atoms with Crippen LogP contribution in [-0.2, 0) is 42.4 Å². The van der Waals surface area contributed by atoms with Gasteiger partial charge in [-0.05, 0) is 127 Å². The van der Waals surface area contributed by atoms with Crippen molar-refractivity contribution in [3.63, 3.8) is 0 Å². The van der Waals surface area contributed by atoms with Gasteiger partial charge in [-0.25, -0.2) is 0 Å². The standard InChI is InChI=1S/C33H56B4O9/c1-22-19-28(4,5)42-34(39-22)27(35-40-23(2)20-29(6,7)43-35)33(25-15-17-26(38-14)18-16-25,36-41-24(3)21-30(8,9)44-36)37-45-31(10,11)32(12,13)46-37/h15-18,22-24,27H,19-21H2,1-14H3. The van der Waals surface area contributed by atoms with Gasteiger partial charge in [0.1, 0.15) is 5.75 Å². The van der Waals surface area contributed by atoms with Crippen molar-refractivity contribution in [3.8, 4) is 5.75 Å². The molecule has 254 valence electrons. The van der Waals surface area contributed by atoms with Crippen molar-refractivity contribution in [1.82, 2.24) is 0 Å². The molecule has 13 heteroatoms. The quantitative estimate of drug-likeness (QED) is 0.320. The van der Waals surface area contributed by atoms with Gasteiger partial charge in [0, 0.05) is 24.0 Å². The van der Waals surface area contributed by atoms with E-state index in [-0.39, 0.29) is 18.3 Å². The highest BCUT2D eigenvalue weighted by Crippen LogP contribution is 2.55. The molecule has 4 unspecified atom stereocenters. The Balaban J connectivity index is 1.85. The molecule has 9 nitrogen and oxygen atoms in total. The first-order chi connectivity index (χ1) is 21.1. The monoisotopic (exact) mass is 640 g/mol. The molecule has 4 heterocycles. The van der Waals surface area contributed by atoms with E-state index >= 15 is 0 Å². The number of benzene rings is 1. The van der Waals surface area contributed by atoms with Crippen LogP contribution in [0.1, 0.15) is 115 Å². The molecule has 0 spiro atoms. The van der Waals surface area contributed by atoms with E-state index in [1.165, 1.54) is 0 Å². The number of methoxy groups -OCH3 is 1. The predicted octanol–water partition coefficient (Wildman–Crippen LogP) is 6.29. The summed E-state index contributed by atoms with van der Waals surface area (Å²) in [5.41, 5.74) is -2.65. The van der Waals surface area contributed by atoms with Crippen LogP contribution in [0.5, 0.6) is 5.75 Å². The van der Waals surface area contributed by atoms with E-state index in [1.54, 1.807) is 7.11 Å². The molecule has 5 rings (SSSR count). The highest BCUT2D eigenvalue weighted by atomic mass is 16.7. The van der Waals surface area contributed by atoms with Crippen LogP contribution in [0.4, 0.5) is 0 Å². The molecule has 1 aromatic carbocycles. The second-order valence-electron chi connectivity index (χ2n) is 16.9. The van der Waals surface area contributed by atoms with Gasteiger partial charge < -0.3 is 42.0 Å². The van der Waals surface area contributed by atoms with Crippen LogP contribution in [0.25, 0.3) is 0 Å². The Kier molecular flexibility index (Phi) is 9.75. The van der Waals surface area contributed by atoms with Gasteiger partial charge in [-0.15, -0.1) is 0 Å². The molecule has 0 radical (unpaired) electrons. The number of ether oxygens (including phenoxy) is 1. The topological polar surface area (TPSA) is 83.1 Å². The third-order valence-electron chi connectivity index (χ3n) is 10.5. The average molecular weight is 640 g/mol. The fraction of sp³-hybridized carbons (Fsp3) is 0.818. The summed E-state index contributed by atoms with van der Waals surface area (Å²) in [6.45, 7) is 27.2. The lowest BCUT2D eigenvalue weighted by atomic mass is 9.21. The van der Waals surface area contributed by atoms with Gasteiger partial charge in [-0.2, -0.15) is 0 Å². The van der Waals surface area contributed by atoms with Crippen molar-refractivity contribution >= 4 is 28.5 Å². The molecule has 4 aliphatic rings. The zero-order chi connectivity index (χ0) is 34.1. The first-order valence-electron chi connectivity index (χ1n) is 17.1. The Morgan fingerprint density at radius 3 is 1.41 bits per heavy atom. The van der Waals surface area contributed by atoms with Crippen LogP contribution < -0.4 is 4.74 Å². The lowest BCUT2D eigenvalue weighted by Gasteiger charge is -2.54. The first kappa shape index (κ1) is 36.2. The summed E-state index contributed by atoms with van der Waals surface area (Å²) in [6, 6.07) is 8.00. The lowest BCUT2D eigenvalue weighted by Crippen LogP contribution is -2.72. The Labute approximate surface area is 279 Å². The minimum absolute atomic E-state index is 0.0966. The Morgan fingerprint density at radius 2 is 1.02 bits per heavy atom. The highest BCUT2D eigenvalue weighted by molar-refractivity contribution is 6.81. The molecule has 0 saturated carbocycles. The summed E-state index contributed by atoms with van der Waals surface area (Å²) in [7, 11) is -1.66. The Bertz CT molecular complexity index is 1170. The van der Waals surface area contributed by atoms with E-state index in [9.17, 15) is 0 Å². The molecule has 0 aliphatic carbocycles. The lowest BCUT2D eigenvalue weighted by molar-refractivity contribution is -0.0556. The molecule has 4 saturated heterocycles. The largest absolute Gasteiger partial charge is 0.497 e. The SMILES string of the molecule is COc1ccc(C(B2OC(C)CC(C)(C)O2)(B2OC(C)(C)C(C)(C)O2)C(B2OC(C)CC(C)(C)O2)B2OC(C)CC(C)(C)O2)cc1. The third kappa shape index (κ3) is 7.00.